The fraction of sp³-hybridized carbons (Fsp3) is 0.360. The molecule has 4 N–H and O–H groups in total. The molecule has 0 aliphatic carbocycles. The lowest BCUT2D eigenvalue weighted by Crippen LogP contribution is -2.39. The first kappa shape index (κ1) is 22.9. The number of ether oxygens (including phenoxy) is 1. The Morgan fingerprint density at radius 1 is 1.26 bits per heavy atom. The number of aliphatic hydroxyl groups is 1. The average molecular weight is 476 g/mol. The van der Waals surface area contributed by atoms with Gasteiger partial charge >= 0.3 is 0 Å². The van der Waals surface area contributed by atoms with Crippen molar-refractivity contribution in [2.45, 2.75) is 37.8 Å². The molecular weight excluding hydrogens is 446 g/mol. The molecule has 0 unspecified atom stereocenters. The van der Waals surface area contributed by atoms with Crippen LogP contribution >= 0.6 is 0 Å². The number of nitrogens with one attached hydrogen (secondary N) is 1. The highest BCUT2D eigenvalue weighted by atomic mass is 16.5. The van der Waals surface area contributed by atoms with E-state index in [2.05, 4.69) is 29.7 Å². The van der Waals surface area contributed by atoms with E-state index in [1.165, 1.54) is 6.20 Å². The molecule has 5 rings (SSSR count). The molecule has 1 aromatic carbocycles. The zero-order valence-electron chi connectivity index (χ0n) is 19.6. The molecule has 0 bridgehead atoms. The summed E-state index contributed by atoms with van der Waals surface area (Å²) in [6, 6.07) is 5.91. The summed E-state index contributed by atoms with van der Waals surface area (Å²) in [7, 11) is 0. The molecule has 35 heavy (non-hydrogen) atoms. The van der Waals surface area contributed by atoms with Crippen LogP contribution in [-0.2, 0) is 11.2 Å². The average Bonchev–Trinajstić information content (AvgIpc) is 3.40. The molecule has 1 saturated heterocycles. The highest BCUT2D eigenvalue weighted by molar-refractivity contribution is 6.24. The molecule has 1 atom stereocenters. The second kappa shape index (κ2) is 9.38. The van der Waals surface area contributed by atoms with E-state index >= 15 is 0 Å². The van der Waals surface area contributed by atoms with Crippen molar-refractivity contribution in [3.63, 3.8) is 0 Å². The lowest BCUT2D eigenvalue weighted by Gasteiger charge is -2.37. The molecule has 2 aliphatic rings. The number of hydrogen-bond donors (Lipinski definition) is 3. The number of carbonyl (C=O) groups is 1. The van der Waals surface area contributed by atoms with Crippen molar-refractivity contribution >= 4 is 22.9 Å². The summed E-state index contributed by atoms with van der Waals surface area (Å²) in [5.74, 6) is 0.568. The minimum atomic E-state index is -0.973. The fourth-order valence-corrected chi connectivity index (χ4v) is 4.71. The van der Waals surface area contributed by atoms with E-state index in [0.717, 1.165) is 42.9 Å². The number of aromatic nitrogens is 4. The summed E-state index contributed by atoms with van der Waals surface area (Å²) in [5.41, 5.74) is 7.31. The van der Waals surface area contributed by atoms with E-state index in [9.17, 15) is 9.90 Å². The second-order valence-corrected chi connectivity index (χ2v) is 9.27. The number of hydrogen-bond acceptors (Lipinski definition) is 8. The Labute approximate surface area is 203 Å². The van der Waals surface area contributed by atoms with Crippen molar-refractivity contribution in [2.75, 3.05) is 29.9 Å². The third-order valence-corrected chi connectivity index (χ3v) is 6.51. The van der Waals surface area contributed by atoms with Gasteiger partial charge in [0.25, 0.3) is 5.91 Å². The summed E-state index contributed by atoms with van der Waals surface area (Å²) in [6.45, 7) is 3.58. The van der Waals surface area contributed by atoms with Gasteiger partial charge in [0.15, 0.2) is 5.82 Å². The van der Waals surface area contributed by atoms with Crippen molar-refractivity contribution in [1.82, 2.24) is 19.5 Å². The van der Waals surface area contributed by atoms with Gasteiger partial charge in [-0.1, -0.05) is 0 Å². The maximum Gasteiger partial charge on any atom is 0.261 e. The summed E-state index contributed by atoms with van der Waals surface area (Å²) in [5, 5.41) is 13.5. The summed E-state index contributed by atoms with van der Waals surface area (Å²) < 4.78 is 8.04. The Balaban J connectivity index is 1.44. The molecule has 0 spiro atoms. The number of amides is 1. The molecule has 1 fully saturated rings. The molecule has 4 heterocycles. The molecule has 1 amide bonds. The van der Waals surface area contributed by atoms with Gasteiger partial charge in [-0.25, -0.2) is 15.0 Å². The van der Waals surface area contributed by atoms with Gasteiger partial charge in [-0.2, -0.15) is 0 Å². The normalized spacial score (nSPS) is 20.7. The molecule has 2 aromatic heterocycles. The van der Waals surface area contributed by atoms with Gasteiger partial charge in [0.1, 0.15) is 12.4 Å². The Morgan fingerprint density at radius 2 is 2.03 bits per heavy atom. The number of carbonyl (C=O) groups excluding carboxylic acids is 1. The largest absolute Gasteiger partial charge is 0.490 e. The van der Waals surface area contributed by atoms with E-state index in [1.807, 2.05) is 24.7 Å². The van der Waals surface area contributed by atoms with Crippen LogP contribution in [-0.4, -0.2) is 55.8 Å². The highest BCUT2D eigenvalue weighted by Gasteiger charge is 2.31. The fourth-order valence-electron chi connectivity index (χ4n) is 4.71. The van der Waals surface area contributed by atoms with Crippen molar-refractivity contribution in [1.29, 1.82) is 0 Å². The molecule has 10 heteroatoms. The van der Waals surface area contributed by atoms with Gasteiger partial charge in [0.2, 0.25) is 0 Å². The van der Waals surface area contributed by atoms with E-state index in [4.69, 9.17) is 10.5 Å². The molecule has 10 nitrogen and oxygen atoms in total. The SMILES string of the molecule is C[C@@]1(O)COc2cc(N3CCC(n4ccnc4)CC3)c(NC(=O)C(=CN)c3ncccn3)cc2C1. The summed E-state index contributed by atoms with van der Waals surface area (Å²) in [6.07, 6.45) is 12.3. The maximum atomic E-state index is 13.2. The van der Waals surface area contributed by atoms with Crippen LogP contribution < -0.4 is 20.7 Å². The summed E-state index contributed by atoms with van der Waals surface area (Å²) >= 11 is 0. The van der Waals surface area contributed by atoms with Crippen molar-refractivity contribution < 1.29 is 14.6 Å². The van der Waals surface area contributed by atoms with Crippen molar-refractivity contribution in [3.8, 4) is 5.75 Å². The van der Waals surface area contributed by atoms with Crippen LogP contribution in [0.1, 0.15) is 37.2 Å². The Morgan fingerprint density at radius 3 is 2.71 bits per heavy atom. The second-order valence-electron chi connectivity index (χ2n) is 9.27. The smallest absolute Gasteiger partial charge is 0.261 e. The minimum Gasteiger partial charge on any atom is -0.490 e. The lowest BCUT2D eigenvalue weighted by atomic mass is 9.93. The van der Waals surface area contributed by atoms with Gasteiger partial charge in [0.05, 0.1) is 28.9 Å². The maximum absolute atomic E-state index is 13.2. The van der Waals surface area contributed by atoms with Crippen LogP contribution in [0.4, 0.5) is 11.4 Å². The number of imidazole rings is 1. The number of nitrogens with zero attached hydrogens (tertiary/aromatic N) is 5. The number of rotatable bonds is 5. The zero-order chi connectivity index (χ0) is 24.4. The number of piperidine rings is 1. The van der Waals surface area contributed by atoms with Crippen molar-refractivity contribution in [3.05, 3.63) is 66.9 Å². The van der Waals surface area contributed by atoms with Gasteiger partial charge in [-0.05, 0) is 37.5 Å². The van der Waals surface area contributed by atoms with Gasteiger partial charge in [0, 0.05) is 62.6 Å². The number of fused-ring (bicyclic) bond motifs is 1. The summed E-state index contributed by atoms with van der Waals surface area (Å²) in [4.78, 5) is 28.0. The molecule has 3 aromatic rings. The Bertz CT molecular complexity index is 1220. The predicted molar refractivity (Wildman–Crippen MR) is 132 cm³/mol. The van der Waals surface area contributed by atoms with Crippen molar-refractivity contribution in [2.24, 2.45) is 5.73 Å². The van der Waals surface area contributed by atoms with Crippen LogP contribution in [0.15, 0.2) is 55.5 Å². The van der Waals surface area contributed by atoms with E-state index in [-0.39, 0.29) is 18.0 Å². The molecular formula is C25H29N7O3. The molecule has 2 aliphatic heterocycles. The van der Waals surface area contributed by atoms with Gasteiger partial charge < -0.3 is 30.4 Å². The number of anilines is 2. The Kier molecular flexibility index (Phi) is 6.12. The van der Waals surface area contributed by atoms with E-state index < -0.39 is 11.5 Å². The predicted octanol–water partition coefficient (Wildman–Crippen LogP) is 2.14. The number of nitrogens with two attached hydrogens (primary N) is 1. The highest BCUT2D eigenvalue weighted by Crippen LogP contribution is 2.40. The van der Waals surface area contributed by atoms with E-state index in [0.29, 0.717) is 18.2 Å². The van der Waals surface area contributed by atoms with Gasteiger partial charge in [-0.15, -0.1) is 0 Å². The zero-order valence-corrected chi connectivity index (χ0v) is 19.6. The number of benzene rings is 1. The van der Waals surface area contributed by atoms with E-state index in [1.54, 1.807) is 31.6 Å². The first-order chi connectivity index (χ1) is 16.9. The topological polar surface area (TPSA) is 131 Å². The first-order valence-electron chi connectivity index (χ1n) is 11.7. The third kappa shape index (κ3) is 4.83. The van der Waals surface area contributed by atoms with Crippen LogP contribution in [0.3, 0.4) is 0 Å². The monoisotopic (exact) mass is 475 g/mol. The van der Waals surface area contributed by atoms with Crippen LogP contribution in [0.5, 0.6) is 5.75 Å². The minimum absolute atomic E-state index is 0.177. The van der Waals surface area contributed by atoms with Crippen LogP contribution in [0.2, 0.25) is 0 Å². The lowest BCUT2D eigenvalue weighted by molar-refractivity contribution is -0.111. The molecule has 182 valence electrons. The Hall–Kier alpha value is -3.92. The quantitative estimate of drug-likeness (QED) is 0.478. The third-order valence-electron chi connectivity index (χ3n) is 6.51. The first-order valence-corrected chi connectivity index (χ1v) is 11.7. The molecule has 0 radical (unpaired) electrons. The standard InChI is InChI=1S/C25H29N7O3/c1-25(34)13-17-11-20(30-24(33)19(14-26)23-28-5-2-6-29-23)21(12-22(17)35-15-25)31-8-3-18(4-9-31)32-10-7-27-16-32/h2,5-7,10-12,14,16,18,34H,3-4,8-9,13,15,26H2,1H3,(H,30,33)/t25-/m0/s1. The van der Waals surface area contributed by atoms with Crippen LogP contribution in [0.25, 0.3) is 5.57 Å². The van der Waals surface area contributed by atoms with Crippen LogP contribution in [0, 0.1) is 0 Å². The molecule has 0 saturated carbocycles. The van der Waals surface area contributed by atoms with Gasteiger partial charge in [-0.3, -0.25) is 4.79 Å².